The molecule has 0 aromatic rings. The van der Waals surface area contributed by atoms with E-state index in [0.717, 1.165) is 19.4 Å². The quantitative estimate of drug-likeness (QED) is 0.692. The zero-order valence-corrected chi connectivity index (χ0v) is 10.6. The number of amides is 1. The fourth-order valence-electron chi connectivity index (χ4n) is 1.76. The number of hydrogen-bond donors (Lipinski definition) is 1. The zero-order valence-electron chi connectivity index (χ0n) is 10.6. The van der Waals surface area contributed by atoms with Gasteiger partial charge in [0.15, 0.2) is 6.61 Å². The van der Waals surface area contributed by atoms with Gasteiger partial charge < -0.3 is 24.3 Å². The highest BCUT2D eigenvalue weighted by Gasteiger charge is 2.19. The lowest BCUT2D eigenvalue weighted by molar-refractivity contribution is -0.149. The lowest BCUT2D eigenvalue weighted by Crippen LogP contribution is -2.35. The second kappa shape index (κ2) is 6.98. The Morgan fingerprint density at radius 3 is 2.95 bits per heavy atom. The summed E-state index contributed by atoms with van der Waals surface area (Å²) in [5.41, 5.74) is 0. The summed E-state index contributed by atoms with van der Waals surface area (Å²) in [4.78, 5) is 22.9. The summed E-state index contributed by atoms with van der Waals surface area (Å²) in [7, 11) is 0. The first kappa shape index (κ1) is 13.7. The van der Waals surface area contributed by atoms with E-state index >= 15 is 0 Å². The second-order valence-corrected chi connectivity index (χ2v) is 4.22. The highest BCUT2D eigenvalue weighted by Crippen LogP contribution is 2.10. The molecule has 1 unspecified atom stereocenters. The van der Waals surface area contributed by atoms with Crippen LogP contribution >= 0.6 is 0 Å². The van der Waals surface area contributed by atoms with Crippen LogP contribution in [0, 0.1) is 0 Å². The molecule has 2 rings (SSSR count). The molecule has 0 radical (unpaired) electrons. The lowest BCUT2D eigenvalue weighted by Gasteiger charge is -2.14. The number of esters is 1. The van der Waals surface area contributed by atoms with Crippen LogP contribution in [0.15, 0.2) is 12.0 Å². The van der Waals surface area contributed by atoms with Gasteiger partial charge in [-0.05, 0) is 12.8 Å². The maximum Gasteiger partial charge on any atom is 0.377 e. The third-order valence-electron chi connectivity index (χ3n) is 2.74. The van der Waals surface area contributed by atoms with E-state index in [-0.39, 0.29) is 24.4 Å². The SMILES string of the molecule is O=C(COC(=O)C1=COCCO1)NCC1CCCO1. The molecular formula is C12H17NO6. The number of carbonyl (C=O) groups is 2. The van der Waals surface area contributed by atoms with Crippen molar-refractivity contribution >= 4 is 11.9 Å². The van der Waals surface area contributed by atoms with Gasteiger partial charge in [-0.3, -0.25) is 4.79 Å². The average molecular weight is 271 g/mol. The number of hydrogen-bond acceptors (Lipinski definition) is 6. The molecule has 1 atom stereocenters. The predicted molar refractivity (Wildman–Crippen MR) is 62.9 cm³/mol. The molecular weight excluding hydrogens is 254 g/mol. The summed E-state index contributed by atoms with van der Waals surface area (Å²) < 4.78 is 20.1. The Kier molecular flexibility index (Phi) is 5.02. The van der Waals surface area contributed by atoms with Crippen LogP contribution in [-0.4, -0.2) is 51.0 Å². The van der Waals surface area contributed by atoms with Crippen molar-refractivity contribution < 1.29 is 28.5 Å². The maximum atomic E-state index is 11.5. The molecule has 0 aromatic heterocycles. The summed E-state index contributed by atoms with van der Waals surface area (Å²) in [5, 5.41) is 2.65. The van der Waals surface area contributed by atoms with Gasteiger partial charge in [-0.2, -0.15) is 0 Å². The Hall–Kier alpha value is -1.76. The van der Waals surface area contributed by atoms with E-state index in [1.54, 1.807) is 0 Å². The van der Waals surface area contributed by atoms with E-state index in [1.807, 2.05) is 0 Å². The molecule has 1 fully saturated rings. The Morgan fingerprint density at radius 1 is 1.37 bits per heavy atom. The Bertz CT molecular complexity index is 361. The van der Waals surface area contributed by atoms with Gasteiger partial charge in [0.25, 0.3) is 5.91 Å². The van der Waals surface area contributed by atoms with E-state index in [4.69, 9.17) is 18.9 Å². The predicted octanol–water partition coefficient (Wildman–Crippen LogP) is -0.287. The Morgan fingerprint density at radius 2 is 2.26 bits per heavy atom. The monoisotopic (exact) mass is 271 g/mol. The highest BCUT2D eigenvalue weighted by molar-refractivity contribution is 5.88. The van der Waals surface area contributed by atoms with Crippen molar-refractivity contribution in [3.63, 3.8) is 0 Å². The van der Waals surface area contributed by atoms with E-state index in [1.165, 1.54) is 6.26 Å². The van der Waals surface area contributed by atoms with Crippen LogP contribution in [0.25, 0.3) is 0 Å². The molecule has 2 heterocycles. The molecule has 7 nitrogen and oxygen atoms in total. The van der Waals surface area contributed by atoms with Crippen LogP contribution in [0.4, 0.5) is 0 Å². The van der Waals surface area contributed by atoms with Crippen molar-refractivity contribution in [2.75, 3.05) is 33.0 Å². The third-order valence-corrected chi connectivity index (χ3v) is 2.74. The van der Waals surface area contributed by atoms with Gasteiger partial charge in [-0.1, -0.05) is 0 Å². The minimum atomic E-state index is -0.702. The third kappa shape index (κ3) is 4.44. The van der Waals surface area contributed by atoms with E-state index in [9.17, 15) is 9.59 Å². The summed E-state index contributed by atoms with van der Waals surface area (Å²) >= 11 is 0. The number of carbonyl (C=O) groups excluding carboxylic acids is 2. The largest absolute Gasteiger partial charge is 0.493 e. The molecule has 0 aliphatic carbocycles. The van der Waals surface area contributed by atoms with Crippen LogP contribution in [0.2, 0.25) is 0 Å². The van der Waals surface area contributed by atoms with Crippen LogP contribution in [-0.2, 0) is 28.5 Å². The first-order valence-electron chi connectivity index (χ1n) is 6.25. The maximum absolute atomic E-state index is 11.5. The second-order valence-electron chi connectivity index (χ2n) is 4.22. The van der Waals surface area contributed by atoms with Crippen molar-refractivity contribution in [1.82, 2.24) is 5.32 Å². The van der Waals surface area contributed by atoms with E-state index in [2.05, 4.69) is 5.32 Å². The normalized spacial score (nSPS) is 21.9. The topological polar surface area (TPSA) is 83.1 Å². The van der Waals surface area contributed by atoms with Crippen LogP contribution < -0.4 is 5.32 Å². The van der Waals surface area contributed by atoms with E-state index < -0.39 is 5.97 Å². The molecule has 2 aliphatic rings. The number of nitrogens with one attached hydrogen (secondary N) is 1. The minimum absolute atomic E-state index is 0.0156. The van der Waals surface area contributed by atoms with Crippen LogP contribution in [0.3, 0.4) is 0 Å². The summed E-state index contributed by atoms with van der Waals surface area (Å²) in [6, 6.07) is 0. The number of ether oxygens (including phenoxy) is 4. The fourth-order valence-corrected chi connectivity index (χ4v) is 1.76. The standard InChI is InChI=1S/C12H17NO6/c14-11(13-6-9-2-1-3-17-9)8-19-12(15)10-7-16-4-5-18-10/h7,9H,1-6,8H2,(H,13,14). The molecule has 2 aliphatic heterocycles. The van der Waals surface area contributed by atoms with Gasteiger partial charge in [0.2, 0.25) is 5.76 Å². The molecule has 19 heavy (non-hydrogen) atoms. The van der Waals surface area contributed by atoms with Gasteiger partial charge in [-0.15, -0.1) is 0 Å². The molecule has 106 valence electrons. The fraction of sp³-hybridized carbons (Fsp3) is 0.667. The molecule has 1 saturated heterocycles. The van der Waals surface area contributed by atoms with Gasteiger partial charge in [-0.25, -0.2) is 4.79 Å². The van der Waals surface area contributed by atoms with Gasteiger partial charge in [0, 0.05) is 13.2 Å². The van der Waals surface area contributed by atoms with Crippen LogP contribution in [0.1, 0.15) is 12.8 Å². The molecule has 0 spiro atoms. The van der Waals surface area contributed by atoms with Gasteiger partial charge >= 0.3 is 5.97 Å². The molecule has 0 bridgehead atoms. The zero-order chi connectivity index (χ0) is 13.5. The summed E-state index contributed by atoms with van der Waals surface area (Å²) in [6.45, 7) is 1.54. The molecule has 7 heteroatoms. The molecule has 0 aromatic carbocycles. The first-order chi connectivity index (χ1) is 9.25. The Balaban J connectivity index is 1.62. The van der Waals surface area contributed by atoms with E-state index in [0.29, 0.717) is 19.8 Å². The smallest absolute Gasteiger partial charge is 0.377 e. The lowest BCUT2D eigenvalue weighted by atomic mass is 10.2. The van der Waals surface area contributed by atoms with Crippen molar-refractivity contribution in [3.8, 4) is 0 Å². The summed E-state index contributed by atoms with van der Waals surface area (Å²) in [5.74, 6) is -1.08. The highest BCUT2D eigenvalue weighted by atomic mass is 16.6. The average Bonchev–Trinajstić information content (AvgIpc) is 2.96. The molecule has 1 amide bonds. The van der Waals surface area contributed by atoms with Crippen molar-refractivity contribution in [2.45, 2.75) is 18.9 Å². The van der Waals surface area contributed by atoms with Crippen molar-refractivity contribution in [1.29, 1.82) is 0 Å². The van der Waals surface area contributed by atoms with Gasteiger partial charge in [0.1, 0.15) is 19.5 Å². The van der Waals surface area contributed by atoms with Crippen molar-refractivity contribution in [3.05, 3.63) is 12.0 Å². The summed E-state index contributed by atoms with van der Waals surface area (Å²) in [6.07, 6.45) is 3.22. The minimum Gasteiger partial charge on any atom is -0.493 e. The molecule has 1 N–H and O–H groups in total. The van der Waals surface area contributed by atoms with Crippen LogP contribution in [0.5, 0.6) is 0 Å². The Labute approximate surface area is 110 Å². The van der Waals surface area contributed by atoms with Crippen molar-refractivity contribution in [2.24, 2.45) is 0 Å². The molecule has 0 saturated carbocycles. The van der Waals surface area contributed by atoms with Gasteiger partial charge in [0.05, 0.1) is 6.10 Å². The number of rotatable bonds is 5. The first-order valence-corrected chi connectivity index (χ1v) is 6.25.